The Kier molecular flexibility index (Phi) is 6.86. The average Bonchev–Trinajstić information content (AvgIpc) is 2.58. The van der Waals surface area contributed by atoms with E-state index in [9.17, 15) is 9.59 Å². The van der Waals surface area contributed by atoms with Gasteiger partial charge in [-0.15, -0.1) is 0 Å². The molecule has 1 aromatic carbocycles. The van der Waals surface area contributed by atoms with E-state index in [1.165, 1.54) is 0 Å². The summed E-state index contributed by atoms with van der Waals surface area (Å²) in [6, 6.07) is 7.52. The Labute approximate surface area is 142 Å². The van der Waals surface area contributed by atoms with Gasteiger partial charge in [-0.1, -0.05) is 36.7 Å². The van der Waals surface area contributed by atoms with Gasteiger partial charge >= 0.3 is 0 Å². The molecule has 6 heteroatoms. The molecule has 1 saturated heterocycles. The third kappa shape index (κ3) is 4.94. The smallest absolute Gasteiger partial charge is 0.223 e. The summed E-state index contributed by atoms with van der Waals surface area (Å²) in [6.07, 6.45) is 1.36. The zero-order valence-corrected chi connectivity index (χ0v) is 14.2. The number of carbonyl (C=O) groups excluding carboxylic acids is 2. The second kappa shape index (κ2) is 8.89. The molecule has 23 heavy (non-hydrogen) atoms. The molecule has 2 rings (SSSR count). The van der Waals surface area contributed by atoms with E-state index in [4.69, 9.17) is 11.6 Å². The van der Waals surface area contributed by atoms with E-state index in [0.29, 0.717) is 24.7 Å². The number of piperazine rings is 1. The van der Waals surface area contributed by atoms with E-state index in [0.717, 1.165) is 18.5 Å². The second-order valence-electron chi connectivity index (χ2n) is 5.68. The lowest BCUT2D eigenvalue weighted by Gasteiger charge is -2.37. The Bertz CT molecular complexity index is 550. The maximum atomic E-state index is 12.5. The van der Waals surface area contributed by atoms with Gasteiger partial charge in [0.15, 0.2) is 0 Å². The van der Waals surface area contributed by atoms with Gasteiger partial charge < -0.3 is 15.5 Å². The van der Waals surface area contributed by atoms with E-state index in [1.807, 2.05) is 36.1 Å². The van der Waals surface area contributed by atoms with Crippen LogP contribution in [0, 0.1) is 0 Å². The molecular weight excluding hydrogens is 314 g/mol. The van der Waals surface area contributed by atoms with Crippen LogP contribution in [0.15, 0.2) is 24.3 Å². The highest BCUT2D eigenvalue weighted by atomic mass is 35.5. The van der Waals surface area contributed by atoms with Gasteiger partial charge in [0.2, 0.25) is 11.8 Å². The second-order valence-corrected chi connectivity index (χ2v) is 6.09. The Hall–Kier alpha value is -1.59. The van der Waals surface area contributed by atoms with Crippen molar-refractivity contribution in [3.8, 4) is 0 Å². The Morgan fingerprint density at radius 3 is 2.87 bits per heavy atom. The fourth-order valence-electron chi connectivity index (χ4n) is 2.74. The number of nitrogens with one attached hydrogen (secondary N) is 2. The number of rotatable bonds is 6. The molecule has 0 bridgehead atoms. The fourth-order valence-corrected chi connectivity index (χ4v) is 3.00. The molecular formula is C17H24ClN3O2. The number of hydrogen-bond donors (Lipinski definition) is 2. The van der Waals surface area contributed by atoms with Crippen molar-refractivity contribution in [3.63, 3.8) is 0 Å². The van der Waals surface area contributed by atoms with Crippen LogP contribution in [0.1, 0.15) is 37.8 Å². The molecule has 0 aliphatic carbocycles. The number of amides is 2. The minimum atomic E-state index is -0.0800. The summed E-state index contributed by atoms with van der Waals surface area (Å²) in [5.41, 5.74) is 0.949. The standard InChI is InChI=1S/C17H24ClN3O2/c1-2-9-20-16(22)7-8-17(23)21-11-10-19-12-15(21)13-5-3-4-6-14(13)18/h3-6,15,19H,2,7-12H2,1H3,(H,20,22). The summed E-state index contributed by atoms with van der Waals surface area (Å²) in [7, 11) is 0. The van der Waals surface area contributed by atoms with Crippen LogP contribution in [0.3, 0.4) is 0 Å². The van der Waals surface area contributed by atoms with Gasteiger partial charge in [-0.05, 0) is 18.1 Å². The third-order valence-electron chi connectivity index (χ3n) is 3.97. The van der Waals surface area contributed by atoms with Crippen molar-refractivity contribution in [3.05, 3.63) is 34.9 Å². The highest BCUT2D eigenvalue weighted by Gasteiger charge is 2.29. The summed E-state index contributed by atoms with van der Waals surface area (Å²) < 4.78 is 0. The van der Waals surface area contributed by atoms with E-state index < -0.39 is 0 Å². The summed E-state index contributed by atoms with van der Waals surface area (Å²) >= 11 is 6.28. The monoisotopic (exact) mass is 337 g/mol. The zero-order valence-electron chi connectivity index (χ0n) is 13.5. The van der Waals surface area contributed by atoms with Gasteiger partial charge in [0.05, 0.1) is 6.04 Å². The van der Waals surface area contributed by atoms with Crippen LogP contribution in [-0.2, 0) is 9.59 Å². The molecule has 2 N–H and O–H groups in total. The lowest BCUT2D eigenvalue weighted by Crippen LogP contribution is -2.49. The quantitative estimate of drug-likeness (QED) is 0.836. The topological polar surface area (TPSA) is 61.4 Å². The van der Waals surface area contributed by atoms with Crippen molar-refractivity contribution in [2.24, 2.45) is 0 Å². The average molecular weight is 338 g/mol. The minimum Gasteiger partial charge on any atom is -0.356 e. The molecule has 1 fully saturated rings. The first kappa shape index (κ1) is 17.8. The molecule has 2 amide bonds. The highest BCUT2D eigenvalue weighted by molar-refractivity contribution is 6.31. The molecule has 0 aromatic heterocycles. The Balaban J connectivity index is 1.99. The van der Waals surface area contributed by atoms with Gasteiger partial charge in [0.25, 0.3) is 0 Å². The molecule has 1 heterocycles. The lowest BCUT2D eigenvalue weighted by molar-refractivity contribution is -0.136. The first-order chi connectivity index (χ1) is 11.1. The van der Waals surface area contributed by atoms with Crippen molar-refractivity contribution in [1.29, 1.82) is 0 Å². The normalized spacial score (nSPS) is 17.8. The summed E-state index contributed by atoms with van der Waals surface area (Å²) in [6.45, 7) is 4.72. The van der Waals surface area contributed by atoms with Crippen LogP contribution in [0.5, 0.6) is 0 Å². The van der Waals surface area contributed by atoms with Crippen molar-refractivity contribution >= 4 is 23.4 Å². The lowest BCUT2D eigenvalue weighted by atomic mass is 10.0. The predicted octanol–water partition coefficient (Wildman–Crippen LogP) is 2.12. The van der Waals surface area contributed by atoms with Gasteiger partial charge in [-0.2, -0.15) is 0 Å². The summed E-state index contributed by atoms with van der Waals surface area (Å²) in [5.74, 6) is -0.0623. The maximum Gasteiger partial charge on any atom is 0.223 e. The van der Waals surface area contributed by atoms with Crippen LogP contribution in [0.2, 0.25) is 5.02 Å². The Morgan fingerprint density at radius 2 is 2.13 bits per heavy atom. The molecule has 0 spiro atoms. The Morgan fingerprint density at radius 1 is 1.35 bits per heavy atom. The molecule has 5 nitrogen and oxygen atoms in total. The molecule has 1 unspecified atom stereocenters. The maximum absolute atomic E-state index is 12.5. The number of nitrogens with zero attached hydrogens (tertiary/aromatic N) is 1. The highest BCUT2D eigenvalue weighted by Crippen LogP contribution is 2.28. The molecule has 126 valence electrons. The number of carbonyl (C=O) groups is 2. The van der Waals surface area contributed by atoms with Crippen LogP contribution >= 0.6 is 11.6 Å². The molecule has 1 aliphatic rings. The van der Waals surface area contributed by atoms with Crippen molar-refractivity contribution in [1.82, 2.24) is 15.5 Å². The van der Waals surface area contributed by atoms with Crippen LogP contribution in [0.4, 0.5) is 0 Å². The summed E-state index contributed by atoms with van der Waals surface area (Å²) in [4.78, 5) is 26.1. The molecule has 1 aliphatic heterocycles. The zero-order chi connectivity index (χ0) is 16.7. The largest absolute Gasteiger partial charge is 0.356 e. The molecule has 1 atom stereocenters. The van der Waals surface area contributed by atoms with Gasteiger partial charge in [-0.25, -0.2) is 0 Å². The van der Waals surface area contributed by atoms with E-state index in [2.05, 4.69) is 10.6 Å². The molecule has 1 aromatic rings. The summed E-state index contributed by atoms with van der Waals surface area (Å²) in [5, 5.41) is 6.77. The fraction of sp³-hybridized carbons (Fsp3) is 0.529. The van der Waals surface area contributed by atoms with Crippen molar-refractivity contribution in [2.75, 3.05) is 26.2 Å². The number of benzene rings is 1. The van der Waals surface area contributed by atoms with E-state index in [1.54, 1.807) is 0 Å². The molecule has 0 radical (unpaired) electrons. The van der Waals surface area contributed by atoms with Gasteiger partial charge in [0.1, 0.15) is 0 Å². The van der Waals surface area contributed by atoms with Crippen molar-refractivity contribution in [2.45, 2.75) is 32.2 Å². The first-order valence-electron chi connectivity index (χ1n) is 8.14. The van der Waals surface area contributed by atoms with Crippen LogP contribution in [-0.4, -0.2) is 42.9 Å². The van der Waals surface area contributed by atoms with Crippen molar-refractivity contribution < 1.29 is 9.59 Å². The minimum absolute atomic E-state index is 0.00284. The predicted molar refractivity (Wildman–Crippen MR) is 91.3 cm³/mol. The third-order valence-corrected chi connectivity index (χ3v) is 4.31. The van der Waals surface area contributed by atoms with Gasteiger partial charge in [-0.3, -0.25) is 9.59 Å². The van der Waals surface area contributed by atoms with Crippen LogP contribution < -0.4 is 10.6 Å². The first-order valence-corrected chi connectivity index (χ1v) is 8.52. The van der Waals surface area contributed by atoms with Crippen LogP contribution in [0.25, 0.3) is 0 Å². The SMILES string of the molecule is CCCNC(=O)CCC(=O)N1CCNCC1c1ccccc1Cl. The molecule has 0 saturated carbocycles. The van der Waals surface area contributed by atoms with E-state index in [-0.39, 0.29) is 30.7 Å². The van der Waals surface area contributed by atoms with E-state index >= 15 is 0 Å². The van der Waals surface area contributed by atoms with Gasteiger partial charge in [0, 0.05) is 44.0 Å². The number of hydrogen-bond acceptors (Lipinski definition) is 3. The number of halogens is 1.